The number of amides is 1. The number of rotatable bonds is 3. The van der Waals surface area contributed by atoms with Crippen LogP contribution in [-0.2, 0) is 0 Å². The van der Waals surface area contributed by atoms with Gasteiger partial charge in [0.15, 0.2) is 0 Å². The summed E-state index contributed by atoms with van der Waals surface area (Å²) in [6.07, 6.45) is 0. The number of phenols is 2. The van der Waals surface area contributed by atoms with Gasteiger partial charge >= 0.3 is 5.97 Å². The molecule has 2 rings (SSSR count). The van der Waals surface area contributed by atoms with Gasteiger partial charge in [0, 0.05) is 6.07 Å². The largest absolute Gasteiger partial charge is 0.508 e. The molecule has 2 aromatic rings. The van der Waals surface area contributed by atoms with Crippen molar-refractivity contribution in [1.29, 1.82) is 0 Å². The third kappa shape index (κ3) is 3.06. The topological polar surface area (TPSA) is 107 Å². The van der Waals surface area contributed by atoms with E-state index in [1.165, 1.54) is 30.3 Å². The van der Waals surface area contributed by atoms with E-state index >= 15 is 0 Å². The van der Waals surface area contributed by atoms with E-state index in [4.69, 9.17) is 16.7 Å². The number of carboxylic acid groups (broad SMARTS) is 1. The molecule has 0 fully saturated rings. The number of carboxylic acids is 1. The second kappa shape index (κ2) is 5.72. The molecule has 0 saturated heterocycles. The normalized spacial score (nSPS) is 10.1. The molecule has 0 aliphatic heterocycles. The van der Waals surface area contributed by atoms with Gasteiger partial charge in [-0.3, -0.25) is 4.79 Å². The van der Waals surface area contributed by atoms with Crippen molar-refractivity contribution in [2.45, 2.75) is 0 Å². The molecular weight excluding hydrogens is 298 g/mol. The van der Waals surface area contributed by atoms with Gasteiger partial charge in [-0.1, -0.05) is 17.7 Å². The lowest BCUT2D eigenvalue weighted by atomic mass is 10.1. The van der Waals surface area contributed by atoms with Gasteiger partial charge in [0.1, 0.15) is 17.1 Å². The first-order valence-corrected chi connectivity index (χ1v) is 6.13. The predicted octanol–water partition coefficient (Wildman–Crippen LogP) is 2.70. The molecule has 0 aliphatic rings. The van der Waals surface area contributed by atoms with Crippen LogP contribution in [0, 0.1) is 0 Å². The number of carbonyl (C=O) groups excluding carboxylic acids is 1. The van der Waals surface area contributed by atoms with Crippen molar-refractivity contribution in [3.63, 3.8) is 0 Å². The number of aromatic hydroxyl groups is 2. The number of halogens is 1. The van der Waals surface area contributed by atoms with Crippen molar-refractivity contribution in [2.75, 3.05) is 5.32 Å². The molecule has 21 heavy (non-hydrogen) atoms. The van der Waals surface area contributed by atoms with E-state index in [0.29, 0.717) is 0 Å². The van der Waals surface area contributed by atoms with Crippen LogP contribution in [0.25, 0.3) is 0 Å². The first kappa shape index (κ1) is 14.7. The molecule has 108 valence electrons. The maximum atomic E-state index is 12.0. The molecule has 6 nitrogen and oxygen atoms in total. The van der Waals surface area contributed by atoms with Crippen LogP contribution in [-0.4, -0.2) is 27.2 Å². The number of phenolic OH excluding ortho intramolecular Hbond substituents is 2. The lowest BCUT2D eigenvalue weighted by Gasteiger charge is -2.10. The number of carbonyl (C=O) groups is 2. The summed E-state index contributed by atoms with van der Waals surface area (Å²) in [7, 11) is 0. The molecule has 0 bridgehead atoms. The quantitative estimate of drug-likeness (QED) is 0.697. The van der Waals surface area contributed by atoms with Crippen molar-refractivity contribution in [2.24, 2.45) is 0 Å². The summed E-state index contributed by atoms with van der Waals surface area (Å²) in [4.78, 5) is 23.2. The highest BCUT2D eigenvalue weighted by atomic mass is 35.5. The fourth-order valence-corrected chi connectivity index (χ4v) is 2.00. The summed E-state index contributed by atoms with van der Waals surface area (Å²) >= 11 is 5.79. The summed E-state index contributed by atoms with van der Waals surface area (Å²) in [5.74, 6) is -2.63. The molecule has 0 aliphatic carbocycles. The first-order valence-electron chi connectivity index (χ1n) is 5.75. The zero-order valence-corrected chi connectivity index (χ0v) is 11.3. The molecule has 7 heteroatoms. The van der Waals surface area contributed by atoms with Crippen molar-refractivity contribution >= 4 is 29.2 Å². The van der Waals surface area contributed by atoms with Crippen LogP contribution < -0.4 is 5.32 Å². The maximum Gasteiger partial charge on any atom is 0.339 e. The van der Waals surface area contributed by atoms with Gasteiger partial charge in [0.2, 0.25) is 0 Å². The monoisotopic (exact) mass is 307 g/mol. The van der Waals surface area contributed by atoms with Crippen LogP contribution in [0.1, 0.15) is 20.7 Å². The predicted molar refractivity (Wildman–Crippen MR) is 76.1 cm³/mol. The fraction of sp³-hybridized carbons (Fsp3) is 0. The minimum absolute atomic E-state index is 0.00692. The summed E-state index contributed by atoms with van der Waals surface area (Å²) in [5.41, 5.74) is -0.345. The van der Waals surface area contributed by atoms with Crippen LogP contribution in [0.15, 0.2) is 36.4 Å². The molecular formula is C14H10ClNO5. The highest BCUT2D eigenvalue weighted by Crippen LogP contribution is 2.27. The Morgan fingerprint density at radius 1 is 1.10 bits per heavy atom. The number of aromatic carboxylic acids is 1. The fourth-order valence-electron chi connectivity index (χ4n) is 1.75. The molecule has 0 saturated carbocycles. The number of benzene rings is 2. The number of anilines is 1. The molecule has 0 heterocycles. The molecule has 0 atom stereocenters. The Morgan fingerprint density at radius 3 is 2.43 bits per heavy atom. The van der Waals surface area contributed by atoms with Gasteiger partial charge in [-0.25, -0.2) is 4.79 Å². The average molecular weight is 308 g/mol. The van der Waals surface area contributed by atoms with Crippen molar-refractivity contribution in [3.8, 4) is 11.5 Å². The third-order valence-corrected chi connectivity index (χ3v) is 3.02. The molecule has 4 N–H and O–H groups in total. The maximum absolute atomic E-state index is 12.0. The van der Waals surface area contributed by atoms with E-state index in [2.05, 4.69) is 5.32 Å². The van der Waals surface area contributed by atoms with Crippen LogP contribution in [0.4, 0.5) is 5.69 Å². The highest BCUT2D eigenvalue weighted by molar-refractivity contribution is 6.34. The second-order valence-electron chi connectivity index (χ2n) is 4.12. The third-order valence-electron chi connectivity index (χ3n) is 2.70. The zero-order chi connectivity index (χ0) is 15.6. The van der Waals surface area contributed by atoms with Crippen LogP contribution in [0.2, 0.25) is 5.02 Å². The molecule has 0 spiro atoms. The van der Waals surface area contributed by atoms with Crippen molar-refractivity contribution in [3.05, 3.63) is 52.5 Å². The Kier molecular flexibility index (Phi) is 4.00. The SMILES string of the molecule is O=C(Nc1cccc(Cl)c1C(=O)O)c1ccc(O)cc1O. The first-order chi connectivity index (χ1) is 9.90. The minimum atomic E-state index is -1.29. The standard InChI is InChI=1S/C14H10ClNO5/c15-9-2-1-3-10(12(9)14(20)21)16-13(19)8-5-4-7(17)6-11(8)18/h1-6,17-18H,(H,16,19)(H,20,21). The minimum Gasteiger partial charge on any atom is -0.508 e. The Balaban J connectivity index is 2.36. The number of nitrogens with one attached hydrogen (secondary N) is 1. The van der Waals surface area contributed by atoms with E-state index in [9.17, 15) is 19.8 Å². The lowest BCUT2D eigenvalue weighted by Crippen LogP contribution is -2.15. The van der Waals surface area contributed by atoms with E-state index < -0.39 is 17.6 Å². The van der Waals surface area contributed by atoms with Crippen LogP contribution in [0.3, 0.4) is 0 Å². The van der Waals surface area contributed by atoms with Gasteiger partial charge in [0.25, 0.3) is 5.91 Å². The highest BCUT2D eigenvalue weighted by Gasteiger charge is 2.18. The molecule has 2 aromatic carbocycles. The van der Waals surface area contributed by atoms with Crippen molar-refractivity contribution in [1.82, 2.24) is 0 Å². The smallest absolute Gasteiger partial charge is 0.339 e. The average Bonchev–Trinajstić information content (AvgIpc) is 2.37. The second-order valence-corrected chi connectivity index (χ2v) is 4.53. The lowest BCUT2D eigenvalue weighted by molar-refractivity contribution is 0.0698. The van der Waals surface area contributed by atoms with Crippen molar-refractivity contribution < 1.29 is 24.9 Å². The molecule has 1 amide bonds. The number of hydrogen-bond acceptors (Lipinski definition) is 4. The van der Waals surface area contributed by atoms with E-state index in [0.717, 1.165) is 6.07 Å². The Labute approximate surface area is 124 Å². The molecule has 0 aromatic heterocycles. The summed E-state index contributed by atoms with van der Waals surface area (Å²) in [6.45, 7) is 0. The van der Waals surface area contributed by atoms with E-state index in [-0.39, 0.29) is 27.6 Å². The van der Waals surface area contributed by atoms with E-state index in [1.807, 2.05) is 0 Å². The van der Waals surface area contributed by atoms with Gasteiger partial charge < -0.3 is 20.6 Å². The molecule has 0 radical (unpaired) electrons. The van der Waals surface area contributed by atoms with Crippen LogP contribution >= 0.6 is 11.6 Å². The summed E-state index contributed by atoms with van der Waals surface area (Å²) in [6, 6.07) is 7.70. The Hall–Kier alpha value is -2.73. The Bertz CT molecular complexity index is 729. The van der Waals surface area contributed by atoms with Gasteiger partial charge in [-0.15, -0.1) is 0 Å². The Morgan fingerprint density at radius 2 is 1.81 bits per heavy atom. The van der Waals surface area contributed by atoms with Gasteiger partial charge in [0.05, 0.1) is 16.3 Å². The van der Waals surface area contributed by atoms with E-state index in [1.54, 1.807) is 0 Å². The number of hydrogen-bond donors (Lipinski definition) is 4. The zero-order valence-electron chi connectivity index (χ0n) is 10.5. The van der Waals surface area contributed by atoms with Gasteiger partial charge in [-0.05, 0) is 24.3 Å². The molecule has 0 unspecified atom stereocenters. The summed E-state index contributed by atoms with van der Waals surface area (Å²) < 4.78 is 0. The summed E-state index contributed by atoms with van der Waals surface area (Å²) in [5, 5.41) is 30.2. The van der Waals surface area contributed by atoms with Gasteiger partial charge in [-0.2, -0.15) is 0 Å². The van der Waals surface area contributed by atoms with Crippen LogP contribution in [0.5, 0.6) is 11.5 Å².